The van der Waals surface area contributed by atoms with Gasteiger partial charge in [0.15, 0.2) is 0 Å². The van der Waals surface area contributed by atoms with Crippen LogP contribution in [0.15, 0.2) is 11.4 Å². The smallest absolute Gasteiger partial charge is 0.317 e. The fourth-order valence-electron chi connectivity index (χ4n) is 2.36. The highest BCUT2D eigenvalue weighted by atomic mass is 32.1. The van der Waals surface area contributed by atoms with Gasteiger partial charge in [-0.15, -0.1) is 11.3 Å². The topological polar surface area (TPSA) is 58.4 Å². The number of amides is 2. The molecule has 0 atom stereocenters. The Bertz CT molecular complexity index is 509. The van der Waals surface area contributed by atoms with Gasteiger partial charge in [0.05, 0.1) is 11.4 Å². The van der Waals surface area contributed by atoms with E-state index in [9.17, 15) is 4.79 Å². The molecule has 0 spiro atoms. The summed E-state index contributed by atoms with van der Waals surface area (Å²) >= 11 is 1.59. The number of nitrogens with one attached hydrogen (secondary N) is 1. The predicted octanol–water partition coefficient (Wildman–Crippen LogP) is 2.14. The van der Waals surface area contributed by atoms with Crippen molar-refractivity contribution in [2.75, 3.05) is 13.6 Å². The van der Waals surface area contributed by atoms with Crippen molar-refractivity contribution in [3.63, 3.8) is 0 Å². The van der Waals surface area contributed by atoms with Gasteiger partial charge in [-0.3, -0.25) is 0 Å². The van der Waals surface area contributed by atoms with Gasteiger partial charge in [0, 0.05) is 19.6 Å². The maximum Gasteiger partial charge on any atom is 0.317 e. The first-order chi connectivity index (χ1) is 9.69. The van der Waals surface area contributed by atoms with Crippen LogP contribution >= 0.6 is 11.3 Å². The number of nitrogens with zero attached hydrogens (tertiary/aromatic N) is 1. The highest BCUT2D eigenvalue weighted by Gasteiger charge is 2.19. The minimum absolute atomic E-state index is 0.0118. The van der Waals surface area contributed by atoms with Gasteiger partial charge in [-0.25, -0.2) is 4.79 Å². The van der Waals surface area contributed by atoms with E-state index in [-0.39, 0.29) is 6.03 Å². The second kappa shape index (κ2) is 7.32. The van der Waals surface area contributed by atoms with Crippen molar-refractivity contribution in [2.45, 2.75) is 38.3 Å². The molecule has 1 aliphatic rings. The third-order valence-electron chi connectivity index (χ3n) is 3.42. The van der Waals surface area contributed by atoms with Gasteiger partial charge < -0.3 is 16.0 Å². The number of nitrogens with two attached hydrogens (primary N) is 1. The molecular formula is C15H21N3OS. The van der Waals surface area contributed by atoms with Crippen molar-refractivity contribution in [3.8, 4) is 11.8 Å². The molecule has 1 saturated carbocycles. The lowest BCUT2D eigenvalue weighted by atomic mass is 10.2. The normalized spacial score (nSPS) is 14.7. The van der Waals surface area contributed by atoms with Gasteiger partial charge in [0.25, 0.3) is 0 Å². The van der Waals surface area contributed by atoms with Crippen LogP contribution in [0.5, 0.6) is 0 Å². The quantitative estimate of drug-likeness (QED) is 0.838. The number of thiophene rings is 1. The maximum absolute atomic E-state index is 12.1. The molecular weight excluding hydrogens is 270 g/mol. The van der Waals surface area contributed by atoms with Gasteiger partial charge in [-0.05, 0) is 29.9 Å². The molecule has 0 bridgehead atoms. The summed E-state index contributed by atoms with van der Waals surface area (Å²) in [5.41, 5.74) is 6.46. The van der Waals surface area contributed by atoms with Gasteiger partial charge in [0.2, 0.25) is 0 Å². The van der Waals surface area contributed by atoms with E-state index in [1.807, 2.05) is 18.5 Å². The van der Waals surface area contributed by atoms with Gasteiger partial charge in [-0.1, -0.05) is 24.7 Å². The second-order valence-electron chi connectivity index (χ2n) is 5.11. The van der Waals surface area contributed by atoms with Crippen molar-refractivity contribution >= 4 is 17.4 Å². The van der Waals surface area contributed by atoms with Crippen molar-refractivity contribution in [3.05, 3.63) is 21.9 Å². The van der Waals surface area contributed by atoms with E-state index in [1.165, 1.54) is 12.8 Å². The van der Waals surface area contributed by atoms with Crippen LogP contribution in [0.1, 0.15) is 36.1 Å². The molecule has 3 N–H and O–H groups in total. The average molecular weight is 291 g/mol. The Labute approximate surface area is 124 Å². The molecule has 4 nitrogen and oxygen atoms in total. The molecule has 20 heavy (non-hydrogen) atoms. The van der Waals surface area contributed by atoms with Crippen LogP contribution in [0.3, 0.4) is 0 Å². The monoisotopic (exact) mass is 291 g/mol. The average Bonchev–Trinajstić information content (AvgIpc) is 3.08. The van der Waals surface area contributed by atoms with Crippen LogP contribution in [0.4, 0.5) is 4.79 Å². The van der Waals surface area contributed by atoms with E-state index in [2.05, 4.69) is 17.2 Å². The van der Waals surface area contributed by atoms with Crippen LogP contribution in [-0.2, 0) is 6.54 Å². The Balaban J connectivity index is 1.85. The number of hydrogen-bond acceptors (Lipinski definition) is 3. The first-order valence-electron chi connectivity index (χ1n) is 6.97. The van der Waals surface area contributed by atoms with Crippen molar-refractivity contribution in [2.24, 2.45) is 5.73 Å². The lowest BCUT2D eigenvalue weighted by Crippen LogP contribution is -2.41. The van der Waals surface area contributed by atoms with E-state index >= 15 is 0 Å². The molecule has 0 aromatic carbocycles. The first-order valence-corrected chi connectivity index (χ1v) is 7.85. The minimum atomic E-state index is 0.0118. The summed E-state index contributed by atoms with van der Waals surface area (Å²) in [5, 5.41) is 5.13. The molecule has 1 heterocycles. The maximum atomic E-state index is 12.1. The molecule has 1 fully saturated rings. The molecule has 1 aliphatic carbocycles. The molecule has 2 amide bonds. The molecule has 0 aliphatic heterocycles. The number of carbonyl (C=O) groups is 1. The van der Waals surface area contributed by atoms with E-state index in [4.69, 9.17) is 5.73 Å². The van der Waals surface area contributed by atoms with Crippen molar-refractivity contribution in [1.82, 2.24) is 10.2 Å². The summed E-state index contributed by atoms with van der Waals surface area (Å²) in [5.74, 6) is 5.85. The molecule has 2 rings (SSSR count). The number of rotatable bonds is 3. The molecule has 1 aromatic rings. The summed E-state index contributed by atoms with van der Waals surface area (Å²) in [7, 11) is 1.83. The molecule has 0 radical (unpaired) electrons. The fraction of sp³-hybridized carbons (Fsp3) is 0.533. The van der Waals surface area contributed by atoms with Gasteiger partial charge in [-0.2, -0.15) is 0 Å². The highest BCUT2D eigenvalue weighted by Crippen LogP contribution is 2.18. The van der Waals surface area contributed by atoms with Crippen LogP contribution in [0.2, 0.25) is 0 Å². The molecule has 1 aromatic heterocycles. The van der Waals surface area contributed by atoms with E-state index in [1.54, 1.807) is 16.2 Å². The zero-order valence-corrected chi connectivity index (χ0v) is 12.6. The Hall–Kier alpha value is -1.51. The van der Waals surface area contributed by atoms with Crippen LogP contribution in [0.25, 0.3) is 0 Å². The zero-order valence-electron chi connectivity index (χ0n) is 11.8. The Kier molecular flexibility index (Phi) is 5.45. The molecule has 108 valence electrons. The van der Waals surface area contributed by atoms with Gasteiger partial charge in [0.1, 0.15) is 0 Å². The third kappa shape index (κ3) is 4.26. The van der Waals surface area contributed by atoms with E-state index < -0.39 is 0 Å². The SMILES string of the molecule is CN(Cc1csc(C#CCN)c1)C(=O)NC1CCCC1. The highest BCUT2D eigenvalue weighted by molar-refractivity contribution is 7.10. The van der Waals surface area contributed by atoms with E-state index in [0.29, 0.717) is 19.1 Å². The fourth-order valence-corrected chi connectivity index (χ4v) is 3.13. The largest absolute Gasteiger partial charge is 0.335 e. The summed E-state index contributed by atoms with van der Waals surface area (Å²) in [6.07, 6.45) is 4.67. The van der Waals surface area contributed by atoms with Crippen LogP contribution in [0, 0.1) is 11.8 Å². The summed E-state index contributed by atoms with van der Waals surface area (Å²) < 4.78 is 0. The number of hydrogen-bond donors (Lipinski definition) is 2. The number of urea groups is 1. The van der Waals surface area contributed by atoms with E-state index in [0.717, 1.165) is 23.3 Å². The Morgan fingerprint density at radius 2 is 2.30 bits per heavy atom. The van der Waals surface area contributed by atoms with Crippen LogP contribution < -0.4 is 11.1 Å². The molecule has 5 heteroatoms. The molecule has 0 saturated heterocycles. The summed E-state index contributed by atoms with van der Waals surface area (Å²) in [6.45, 7) is 0.982. The summed E-state index contributed by atoms with van der Waals surface area (Å²) in [6, 6.07) is 2.39. The summed E-state index contributed by atoms with van der Waals surface area (Å²) in [4.78, 5) is 14.8. The number of carbonyl (C=O) groups excluding carboxylic acids is 1. The first kappa shape index (κ1) is 14.9. The standard InChI is InChI=1S/C15H21N3OS/c1-18(15(19)17-13-5-2-3-6-13)10-12-9-14(20-11-12)7-4-8-16/h9,11,13H,2-3,5-6,8,10,16H2,1H3,(H,17,19). The van der Waals surface area contributed by atoms with Crippen molar-refractivity contribution < 1.29 is 4.79 Å². The van der Waals surface area contributed by atoms with Gasteiger partial charge >= 0.3 is 6.03 Å². The lowest BCUT2D eigenvalue weighted by Gasteiger charge is -2.20. The molecule has 0 unspecified atom stereocenters. The minimum Gasteiger partial charge on any atom is -0.335 e. The van der Waals surface area contributed by atoms with Crippen molar-refractivity contribution in [1.29, 1.82) is 0 Å². The Morgan fingerprint density at radius 1 is 1.55 bits per heavy atom. The van der Waals surface area contributed by atoms with Crippen LogP contribution in [-0.4, -0.2) is 30.6 Å². The zero-order chi connectivity index (χ0) is 14.4. The third-order valence-corrected chi connectivity index (χ3v) is 4.31. The predicted molar refractivity (Wildman–Crippen MR) is 82.5 cm³/mol. The Morgan fingerprint density at radius 3 is 3.00 bits per heavy atom. The second-order valence-corrected chi connectivity index (χ2v) is 6.02. The lowest BCUT2D eigenvalue weighted by molar-refractivity contribution is 0.203.